The first kappa shape index (κ1) is 16.1. The minimum absolute atomic E-state index is 0.598. The summed E-state index contributed by atoms with van der Waals surface area (Å²) in [4.78, 5) is 14.3. The number of pyridine rings is 1. The number of rotatable bonds is 4. The Hall–Kier alpha value is -3.13. The van der Waals surface area contributed by atoms with Gasteiger partial charge in [-0.15, -0.1) is 0 Å². The smallest absolute Gasteiger partial charge is 0.200 e. The van der Waals surface area contributed by atoms with E-state index in [0.717, 1.165) is 27.9 Å². The molecule has 1 fully saturated rings. The van der Waals surface area contributed by atoms with Crippen molar-refractivity contribution in [3.63, 3.8) is 0 Å². The number of hydrogen-bond donors (Lipinski definition) is 4. The molecule has 0 aromatic carbocycles. The first-order chi connectivity index (χ1) is 13.1. The molecule has 1 unspecified atom stereocenters. The number of H-pyrrole nitrogens is 2. The second-order valence-corrected chi connectivity index (χ2v) is 7.31. The van der Waals surface area contributed by atoms with E-state index >= 15 is 0 Å². The molecule has 0 amide bonds. The third kappa shape index (κ3) is 2.87. The third-order valence-corrected chi connectivity index (χ3v) is 5.19. The zero-order valence-corrected chi connectivity index (χ0v) is 15.1. The maximum absolute atomic E-state index is 6.57. The molecule has 4 heterocycles. The monoisotopic (exact) mass is 362 g/mol. The number of nitrogens with one attached hydrogen (secondary N) is 3. The van der Waals surface area contributed by atoms with Crippen molar-refractivity contribution < 1.29 is 0 Å². The maximum atomic E-state index is 6.57. The Morgan fingerprint density at radius 1 is 1.33 bits per heavy atom. The zero-order chi connectivity index (χ0) is 18.4. The normalized spacial score (nSPS) is 21.9. The number of nitrogens with zero attached hydrogens (tertiary/aromatic N) is 4. The van der Waals surface area contributed by atoms with Gasteiger partial charge >= 0.3 is 0 Å². The van der Waals surface area contributed by atoms with E-state index in [9.17, 15) is 0 Å². The number of fused-ring (bicyclic) bond motifs is 1. The fraction of sp³-hybridized carbons (Fsp3) is 0.316. The highest BCUT2D eigenvalue weighted by molar-refractivity contribution is 5.84. The Balaban J connectivity index is 1.41. The number of nitrogens with two attached hydrogens (primary N) is 1. The summed E-state index contributed by atoms with van der Waals surface area (Å²) in [5.41, 5.74) is 9.63. The van der Waals surface area contributed by atoms with Gasteiger partial charge in [0.05, 0.1) is 11.7 Å². The number of aromatic amines is 2. The number of guanidine groups is 1. The van der Waals surface area contributed by atoms with E-state index in [1.165, 1.54) is 12.8 Å². The largest absolute Gasteiger partial charge is 0.360 e. The molecule has 0 radical (unpaired) electrons. The molecule has 1 atom stereocenters. The third-order valence-electron chi connectivity index (χ3n) is 5.19. The lowest BCUT2D eigenvalue weighted by atomic mass is 10.1. The predicted molar refractivity (Wildman–Crippen MR) is 104 cm³/mol. The Kier molecular flexibility index (Phi) is 3.54. The van der Waals surface area contributed by atoms with E-state index in [1.54, 1.807) is 0 Å². The molecule has 1 aliphatic carbocycles. The average Bonchev–Trinajstić information content (AvgIpc) is 3.19. The van der Waals surface area contributed by atoms with Crippen LogP contribution in [0.1, 0.15) is 35.7 Å². The lowest BCUT2D eigenvalue weighted by molar-refractivity contribution is 0.457. The molecule has 138 valence electrons. The van der Waals surface area contributed by atoms with Gasteiger partial charge in [-0.3, -0.25) is 15.8 Å². The minimum Gasteiger partial charge on any atom is -0.360 e. The zero-order valence-electron chi connectivity index (χ0n) is 15.1. The Morgan fingerprint density at radius 2 is 2.22 bits per heavy atom. The van der Waals surface area contributed by atoms with Crippen molar-refractivity contribution in [3.05, 3.63) is 60.0 Å². The molecule has 2 aliphatic rings. The van der Waals surface area contributed by atoms with E-state index in [-0.39, 0.29) is 0 Å². The molecule has 0 saturated heterocycles. The van der Waals surface area contributed by atoms with Crippen molar-refractivity contribution in [1.29, 1.82) is 0 Å². The fourth-order valence-electron chi connectivity index (χ4n) is 3.47. The van der Waals surface area contributed by atoms with E-state index in [4.69, 9.17) is 10.7 Å². The summed E-state index contributed by atoms with van der Waals surface area (Å²) in [6.07, 6.45) is 11.7. The Morgan fingerprint density at radius 3 is 3.07 bits per heavy atom. The van der Waals surface area contributed by atoms with Gasteiger partial charge in [0.1, 0.15) is 5.69 Å². The van der Waals surface area contributed by atoms with Crippen molar-refractivity contribution >= 4 is 16.9 Å². The molecular formula is C19H22N8. The fourth-order valence-corrected chi connectivity index (χ4v) is 3.47. The summed E-state index contributed by atoms with van der Waals surface area (Å²) in [7, 11) is 1.98. The molecule has 5 N–H and O–H groups in total. The van der Waals surface area contributed by atoms with Crippen LogP contribution in [-0.2, 0) is 12.2 Å². The molecule has 27 heavy (non-hydrogen) atoms. The van der Waals surface area contributed by atoms with Crippen molar-refractivity contribution in [2.24, 2.45) is 10.7 Å². The number of aromatic nitrogens is 4. The molecule has 1 aliphatic heterocycles. The maximum Gasteiger partial charge on any atom is 0.200 e. The molecular weight excluding hydrogens is 340 g/mol. The quantitative estimate of drug-likeness (QED) is 0.566. The summed E-state index contributed by atoms with van der Waals surface area (Å²) in [6.45, 7) is 0.659. The summed E-state index contributed by atoms with van der Waals surface area (Å²) < 4.78 is 0. The van der Waals surface area contributed by atoms with Gasteiger partial charge < -0.3 is 15.2 Å². The Bertz CT molecular complexity index is 1040. The van der Waals surface area contributed by atoms with Crippen LogP contribution in [0.25, 0.3) is 10.9 Å². The molecule has 1 saturated carbocycles. The van der Waals surface area contributed by atoms with Crippen LogP contribution < -0.4 is 11.1 Å². The van der Waals surface area contributed by atoms with Gasteiger partial charge in [0.2, 0.25) is 5.96 Å². The van der Waals surface area contributed by atoms with Gasteiger partial charge in [-0.2, -0.15) is 5.10 Å². The van der Waals surface area contributed by atoms with E-state index < -0.39 is 5.66 Å². The van der Waals surface area contributed by atoms with Crippen LogP contribution in [0.4, 0.5) is 0 Å². The molecule has 3 aromatic heterocycles. The number of aliphatic imine (C=N–C) groups is 1. The van der Waals surface area contributed by atoms with Gasteiger partial charge in [-0.25, -0.2) is 4.99 Å². The summed E-state index contributed by atoms with van der Waals surface area (Å²) in [6, 6.07) is 4.10. The van der Waals surface area contributed by atoms with Crippen LogP contribution in [0.15, 0.2) is 48.0 Å². The van der Waals surface area contributed by atoms with Crippen molar-refractivity contribution in [2.75, 3.05) is 7.05 Å². The molecule has 8 heteroatoms. The van der Waals surface area contributed by atoms with Crippen molar-refractivity contribution in [1.82, 2.24) is 30.4 Å². The van der Waals surface area contributed by atoms with Gasteiger partial charge in [-0.05, 0) is 36.6 Å². The lowest BCUT2D eigenvalue weighted by Crippen LogP contribution is -2.45. The van der Waals surface area contributed by atoms with Crippen LogP contribution in [-0.4, -0.2) is 38.1 Å². The summed E-state index contributed by atoms with van der Waals surface area (Å²) in [5.74, 6) is 1.30. The van der Waals surface area contributed by atoms with E-state index in [0.29, 0.717) is 18.4 Å². The molecule has 0 bridgehead atoms. The predicted octanol–water partition coefficient (Wildman–Crippen LogP) is 1.88. The van der Waals surface area contributed by atoms with E-state index in [2.05, 4.69) is 31.5 Å². The second-order valence-electron chi connectivity index (χ2n) is 7.31. The lowest BCUT2D eigenvalue weighted by Gasteiger charge is -2.29. The summed E-state index contributed by atoms with van der Waals surface area (Å²) in [5, 5.41) is 11.9. The molecule has 0 spiro atoms. The highest BCUT2D eigenvalue weighted by Crippen LogP contribution is 2.40. The van der Waals surface area contributed by atoms with Crippen LogP contribution in [0, 0.1) is 0 Å². The van der Waals surface area contributed by atoms with Crippen LogP contribution in [0.2, 0.25) is 0 Å². The minimum atomic E-state index is -0.975. The first-order valence-electron chi connectivity index (χ1n) is 9.12. The highest BCUT2D eigenvalue weighted by atomic mass is 15.3. The highest BCUT2D eigenvalue weighted by Gasteiger charge is 2.33. The molecule has 8 nitrogen and oxygen atoms in total. The number of hydrogen-bond acceptors (Lipinski definition) is 6. The first-order valence-corrected chi connectivity index (χ1v) is 9.12. The van der Waals surface area contributed by atoms with Crippen molar-refractivity contribution in [2.45, 2.75) is 31.0 Å². The SMILES string of the molecule is CN(Cc1cncc2[nH]ccc12)C1=NC(N)(c2cc(C3CC3)[nH]n2)C=CN1. The van der Waals surface area contributed by atoms with E-state index in [1.807, 2.05) is 48.9 Å². The van der Waals surface area contributed by atoms with Crippen LogP contribution >= 0.6 is 0 Å². The van der Waals surface area contributed by atoms with Crippen molar-refractivity contribution in [3.8, 4) is 0 Å². The standard InChI is InChI=1S/C19H22N8/c1-27(11-13-9-21-10-16-14(13)4-6-22-16)18-23-7-5-19(20,24-18)17-8-15(25-26-17)12-2-3-12/h4-10,12,22H,2-3,11,20H2,1H3,(H,23,24)(H,25,26). The van der Waals surface area contributed by atoms with Gasteiger partial charge in [0, 0.05) is 49.2 Å². The molecule has 3 aromatic rings. The average molecular weight is 362 g/mol. The summed E-state index contributed by atoms with van der Waals surface area (Å²) >= 11 is 0. The topological polar surface area (TPSA) is 111 Å². The van der Waals surface area contributed by atoms with Gasteiger partial charge in [-0.1, -0.05) is 0 Å². The molecule has 5 rings (SSSR count). The second kappa shape index (κ2) is 5.95. The Labute approximate surface area is 156 Å². The van der Waals surface area contributed by atoms with Crippen LogP contribution in [0.5, 0.6) is 0 Å². The van der Waals surface area contributed by atoms with Crippen LogP contribution in [0.3, 0.4) is 0 Å². The van der Waals surface area contributed by atoms with Gasteiger partial charge in [0.25, 0.3) is 0 Å². The van der Waals surface area contributed by atoms with Gasteiger partial charge in [0.15, 0.2) is 5.66 Å².